The molecule has 1 aliphatic carbocycles. The summed E-state index contributed by atoms with van der Waals surface area (Å²) in [7, 11) is 1.70. The molecule has 5 heteroatoms. The van der Waals surface area contributed by atoms with Crippen LogP contribution in [0.25, 0.3) is 0 Å². The van der Waals surface area contributed by atoms with Crippen molar-refractivity contribution in [3.05, 3.63) is 59.7 Å². The van der Waals surface area contributed by atoms with Crippen LogP contribution in [-0.2, 0) is 0 Å². The number of benzene rings is 2. The van der Waals surface area contributed by atoms with Gasteiger partial charge < -0.3 is 14.8 Å². The van der Waals surface area contributed by atoms with Crippen LogP contribution in [0.3, 0.4) is 0 Å². The van der Waals surface area contributed by atoms with Gasteiger partial charge in [0.15, 0.2) is 0 Å². The number of hydrogen-bond donors (Lipinski definition) is 1. The number of carbonyl (C=O) groups excluding carboxylic acids is 1. The minimum atomic E-state index is -0.0842. The smallest absolute Gasteiger partial charge is 0.255 e. The lowest BCUT2D eigenvalue weighted by Gasteiger charge is -2.30. The molecule has 29 heavy (non-hydrogen) atoms. The topological polar surface area (TPSA) is 50.8 Å². The van der Waals surface area contributed by atoms with Crippen molar-refractivity contribution in [1.82, 2.24) is 10.2 Å². The summed E-state index contributed by atoms with van der Waals surface area (Å²) in [6.45, 7) is 2.62. The Kier molecular flexibility index (Phi) is 6.35. The fraction of sp³-hybridized carbons (Fsp3) is 0.458. The molecule has 1 saturated heterocycles. The van der Waals surface area contributed by atoms with Crippen LogP contribution in [0.15, 0.2) is 48.5 Å². The lowest BCUT2D eigenvalue weighted by atomic mass is 9.96. The molecule has 1 saturated carbocycles. The van der Waals surface area contributed by atoms with Gasteiger partial charge in [-0.3, -0.25) is 9.69 Å². The number of ether oxygens (including phenoxy) is 2. The maximum Gasteiger partial charge on any atom is 0.255 e. The average molecular weight is 395 g/mol. The zero-order chi connectivity index (χ0) is 20.1. The molecule has 2 aromatic carbocycles. The summed E-state index contributed by atoms with van der Waals surface area (Å²) < 4.78 is 11.6. The van der Waals surface area contributed by atoms with Gasteiger partial charge in [0, 0.05) is 12.1 Å². The molecular weight excluding hydrogens is 364 g/mol. The second kappa shape index (κ2) is 9.31. The third kappa shape index (κ3) is 4.56. The number of hydrogen-bond acceptors (Lipinski definition) is 4. The van der Waals surface area contributed by atoms with Gasteiger partial charge in [0.1, 0.15) is 11.5 Å². The molecule has 2 aromatic rings. The summed E-state index contributed by atoms with van der Waals surface area (Å²) >= 11 is 0. The zero-order valence-corrected chi connectivity index (χ0v) is 17.1. The first-order valence-electron chi connectivity index (χ1n) is 10.7. The molecule has 1 heterocycles. The Hall–Kier alpha value is -2.53. The predicted octanol–water partition coefficient (Wildman–Crippen LogP) is 4.19. The van der Waals surface area contributed by atoms with Crippen LogP contribution >= 0.6 is 0 Å². The van der Waals surface area contributed by atoms with Gasteiger partial charge in [-0.05, 0) is 63.4 Å². The molecule has 1 unspecified atom stereocenters. The van der Waals surface area contributed by atoms with Crippen molar-refractivity contribution in [2.45, 2.75) is 44.2 Å². The first kappa shape index (κ1) is 19.8. The SMILES string of the molecule is COc1ccccc1C(CNC(=O)c1ccccc1OC1CCC1)N1CCCC1. The van der Waals surface area contributed by atoms with Crippen molar-refractivity contribution in [2.24, 2.45) is 0 Å². The van der Waals surface area contributed by atoms with Gasteiger partial charge in [-0.25, -0.2) is 0 Å². The number of amides is 1. The molecule has 0 bridgehead atoms. The molecule has 5 nitrogen and oxygen atoms in total. The van der Waals surface area contributed by atoms with Crippen molar-refractivity contribution < 1.29 is 14.3 Å². The minimum Gasteiger partial charge on any atom is -0.496 e. The lowest BCUT2D eigenvalue weighted by Crippen LogP contribution is -2.37. The molecule has 154 valence electrons. The molecule has 2 aliphatic rings. The molecule has 1 amide bonds. The van der Waals surface area contributed by atoms with E-state index in [0.717, 1.165) is 37.2 Å². The van der Waals surface area contributed by atoms with Gasteiger partial charge in [-0.15, -0.1) is 0 Å². The fourth-order valence-electron chi connectivity index (χ4n) is 4.14. The number of methoxy groups -OCH3 is 1. The van der Waals surface area contributed by atoms with Crippen molar-refractivity contribution in [1.29, 1.82) is 0 Å². The lowest BCUT2D eigenvalue weighted by molar-refractivity contribution is 0.0913. The normalized spacial score (nSPS) is 18.1. The van der Waals surface area contributed by atoms with E-state index < -0.39 is 0 Å². The summed E-state index contributed by atoms with van der Waals surface area (Å²) in [6, 6.07) is 15.7. The molecule has 1 aliphatic heterocycles. The minimum absolute atomic E-state index is 0.0842. The standard InChI is InChI=1S/C24H30N2O3/c1-28-22-13-4-2-11-19(22)21(26-15-6-7-16-26)17-25-24(27)20-12-3-5-14-23(20)29-18-9-8-10-18/h2-5,11-14,18,21H,6-10,15-17H2,1H3,(H,25,27). The van der Waals surface area contributed by atoms with Gasteiger partial charge in [0.05, 0.1) is 24.8 Å². The second-order valence-corrected chi connectivity index (χ2v) is 7.88. The number of nitrogens with one attached hydrogen (secondary N) is 1. The summed E-state index contributed by atoms with van der Waals surface area (Å²) in [5, 5.41) is 3.16. The Labute approximate surface area is 173 Å². The maximum atomic E-state index is 13.0. The van der Waals surface area contributed by atoms with Crippen molar-refractivity contribution >= 4 is 5.91 Å². The highest BCUT2D eigenvalue weighted by molar-refractivity contribution is 5.96. The number of likely N-dealkylation sites (tertiary alicyclic amines) is 1. The Balaban J connectivity index is 1.49. The largest absolute Gasteiger partial charge is 0.496 e. The van der Waals surface area contributed by atoms with Crippen LogP contribution in [-0.4, -0.2) is 43.7 Å². The Morgan fingerprint density at radius 3 is 2.41 bits per heavy atom. The summed E-state index contributed by atoms with van der Waals surface area (Å²) in [5.74, 6) is 1.47. The van der Waals surface area contributed by atoms with Crippen LogP contribution < -0.4 is 14.8 Å². The number of nitrogens with zero attached hydrogens (tertiary/aromatic N) is 1. The third-order valence-electron chi connectivity index (χ3n) is 6.01. The summed E-state index contributed by atoms with van der Waals surface area (Å²) in [6.07, 6.45) is 5.97. The van der Waals surface area contributed by atoms with E-state index in [0.29, 0.717) is 17.9 Å². The zero-order valence-electron chi connectivity index (χ0n) is 17.1. The number of para-hydroxylation sites is 2. The molecule has 1 atom stereocenters. The third-order valence-corrected chi connectivity index (χ3v) is 6.01. The summed E-state index contributed by atoms with van der Waals surface area (Å²) in [5.41, 5.74) is 1.73. The van der Waals surface area contributed by atoms with Crippen LogP contribution in [0.2, 0.25) is 0 Å². The van der Waals surface area contributed by atoms with Gasteiger partial charge in [0.25, 0.3) is 5.91 Å². The fourth-order valence-corrected chi connectivity index (χ4v) is 4.14. The van der Waals surface area contributed by atoms with E-state index in [-0.39, 0.29) is 18.1 Å². The maximum absolute atomic E-state index is 13.0. The first-order valence-corrected chi connectivity index (χ1v) is 10.7. The van der Waals surface area contributed by atoms with E-state index in [2.05, 4.69) is 16.3 Å². The van der Waals surface area contributed by atoms with E-state index >= 15 is 0 Å². The van der Waals surface area contributed by atoms with E-state index in [9.17, 15) is 4.79 Å². The van der Waals surface area contributed by atoms with Gasteiger partial charge >= 0.3 is 0 Å². The molecule has 0 radical (unpaired) electrons. The second-order valence-electron chi connectivity index (χ2n) is 7.88. The molecular formula is C24H30N2O3. The number of carbonyl (C=O) groups is 1. The van der Waals surface area contributed by atoms with Gasteiger partial charge in [0.2, 0.25) is 0 Å². The van der Waals surface area contributed by atoms with Crippen LogP contribution in [0, 0.1) is 0 Å². The number of rotatable bonds is 8. The highest BCUT2D eigenvalue weighted by Gasteiger charge is 2.27. The van der Waals surface area contributed by atoms with Crippen LogP contribution in [0.4, 0.5) is 0 Å². The molecule has 1 N–H and O–H groups in total. The molecule has 4 rings (SSSR count). The average Bonchev–Trinajstić information content (AvgIpc) is 3.26. The van der Waals surface area contributed by atoms with Gasteiger partial charge in [-0.2, -0.15) is 0 Å². The van der Waals surface area contributed by atoms with Crippen molar-refractivity contribution in [3.63, 3.8) is 0 Å². The van der Waals surface area contributed by atoms with E-state index in [1.165, 1.54) is 19.3 Å². The van der Waals surface area contributed by atoms with Gasteiger partial charge in [-0.1, -0.05) is 30.3 Å². The van der Waals surface area contributed by atoms with E-state index in [4.69, 9.17) is 9.47 Å². The first-order chi connectivity index (χ1) is 14.3. The summed E-state index contributed by atoms with van der Waals surface area (Å²) in [4.78, 5) is 15.5. The quantitative estimate of drug-likeness (QED) is 0.729. The van der Waals surface area contributed by atoms with E-state index in [1.54, 1.807) is 7.11 Å². The molecule has 0 aromatic heterocycles. The Morgan fingerprint density at radius 2 is 1.72 bits per heavy atom. The van der Waals surface area contributed by atoms with Crippen molar-refractivity contribution in [2.75, 3.05) is 26.7 Å². The monoisotopic (exact) mass is 394 g/mol. The highest BCUT2D eigenvalue weighted by Crippen LogP contribution is 2.32. The molecule has 2 fully saturated rings. The highest BCUT2D eigenvalue weighted by atomic mass is 16.5. The van der Waals surface area contributed by atoms with E-state index in [1.807, 2.05) is 42.5 Å². The van der Waals surface area contributed by atoms with Crippen LogP contribution in [0.5, 0.6) is 11.5 Å². The Bertz CT molecular complexity index is 828. The molecule has 0 spiro atoms. The predicted molar refractivity (Wildman–Crippen MR) is 114 cm³/mol. The Morgan fingerprint density at radius 1 is 1.03 bits per heavy atom. The van der Waals surface area contributed by atoms with Crippen LogP contribution in [0.1, 0.15) is 54.1 Å². The van der Waals surface area contributed by atoms with Crippen molar-refractivity contribution in [3.8, 4) is 11.5 Å².